The van der Waals surface area contributed by atoms with Gasteiger partial charge in [-0.3, -0.25) is 4.79 Å². The van der Waals surface area contributed by atoms with Crippen molar-refractivity contribution in [2.75, 3.05) is 17.9 Å². The molecule has 0 saturated carbocycles. The number of sulfone groups is 1. The van der Waals surface area contributed by atoms with Crippen molar-refractivity contribution >= 4 is 27.3 Å². The zero-order chi connectivity index (χ0) is 20.7. The van der Waals surface area contributed by atoms with Crippen LogP contribution < -0.4 is 4.90 Å². The van der Waals surface area contributed by atoms with Crippen molar-refractivity contribution in [3.05, 3.63) is 47.6 Å². The minimum atomic E-state index is -3.53. The molecule has 1 aromatic carbocycles. The van der Waals surface area contributed by atoms with Crippen LogP contribution in [0.2, 0.25) is 0 Å². The van der Waals surface area contributed by atoms with Crippen molar-refractivity contribution in [2.45, 2.75) is 38.5 Å². The van der Waals surface area contributed by atoms with Gasteiger partial charge in [-0.1, -0.05) is 13.8 Å². The molecule has 0 radical (unpaired) electrons. The van der Waals surface area contributed by atoms with Gasteiger partial charge in [0.25, 0.3) is 0 Å². The predicted octanol–water partition coefficient (Wildman–Crippen LogP) is 3.09. The summed E-state index contributed by atoms with van der Waals surface area (Å²) in [6.45, 7) is 5.69. The minimum Gasteiger partial charge on any atom is -0.479 e. The lowest BCUT2D eigenvalue weighted by Gasteiger charge is -2.28. The van der Waals surface area contributed by atoms with Crippen LogP contribution in [0.3, 0.4) is 0 Å². The van der Waals surface area contributed by atoms with Gasteiger partial charge in [0.1, 0.15) is 12.0 Å². The number of ketones is 1. The number of esters is 1. The summed E-state index contributed by atoms with van der Waals surface area (Å²) in [5, 5.41) is 0. The zero-order valence-electron chi connectivity index (χ0n) is 16.3. The Kier molecular flexibility index (Phi) is 5.10. The Bertz CT molecular complexity index is 1000. The van der Waals surface area contributed by atoms with Gasteiger partial charge in [0.05, 0.1) is 16.1 Å². The number of benzene rings is 1. The SMILES string of the molecule is Cc1c(C(=O)OC2=CC(=O)CC(C)(C)C2)ccc(S(C)(=O)=O)c1N1C=COC1. The molecule has 28 heavy (non-hydrogen) atoms. The summed E-state index contributed by atoms with van der Waals surface area (Å²) in [5.74, 6) is -0.383. The molecule has 7 nitrogen and oxygen atoms in total. The fourth-order valence-electron chi connectivity index (χ4n) is 3.50. The van der Waals surface area contributed by atoms with Crippen LogP contribution in [0.25, 0.3) is 0 Å². The summed E-state index contributed by atoms with van der Waals surface area (Å²) >= 11 is 0. The highest BCUT2D eigenvalue weighted by Gasteiger charge is 2.31. The molecule has 0 bridgehead atoms. The van der Waals surface area contributed by atoms with Gasteiger partial charge < -0.3 is 14.4 Å². The fraction of sp³-hybridized carbons (Fsp3) is 0.400. The van der Waals surface area contributed by atoms with Crippen LogP contribution in [-0.4, -0.2) is 33.2 Å². The number of carbonyl (C=O) groups is 2. The molecule has 1 heterocycles. The molecule has 0 atom stereocenters. The first-order valence-corrected chi connectivity index (χ1v) is 10.7. The highest BCUT2D eigenvalue weighted by atomic mass is 32.2. The summed E-state index contributed by atoms with van der Waals surface area (Å²) < 4.78 is 35.1. The second-order valence-electron chi connectivity index (χ2n) is 7.89. The van der Waals surface area contributed by atoms with Crippen LogP contribution >= 0.6 is 0 Å². The summed E-state index contributed by atoms with van der Waals surface area (Å²) in [6, 6.07) is 2.83. The molecule has 0 fully saturated rings. The van der Waals surface area contributed by atoms with E-state index in [1.165, 1.54) is 24.5 Å². The van der Waals surface area contributed by atoms with Crippen molar-refractivity contribution in [1.82, 2.24) is 0 Å². The number of carbonyl (C=O) groups excluding carboxylic acids is 2. The first-order chi connectivity index (χ1) is 13.0. The van der Waals surface area contributed by atoms with Gasteiger partial charge >= 0.3 is 5.97 Å². The molecule has 0 aromatic heterocycles. The van der Waals surface area contributed by atoms with Crippen LogP contribution in [0.4, 0.5) is 5.69 Å². The molecule has 150 valence electrons. The molecular formula is C20H23NO6S. The van der Waals surface area contributed by atoms with E-state index in [2.05, 4.69) is 0 Å². The second kappa shape index (κ2) is 7.09. The van der Waals surface area contributed by atoms with E-state index < -0.39 is 15.8 Å². The van der Waals surface area contributed by atoms with Gasteiger partial charge in [-0.2, -0.15) is 0 Å². The lowest BCUT2D eigenvalue weighted by molar-refractivity contribution is -0.117. The third kappa shape index (κ3) is 4.11. The van der Waals surface area contributed by atoms with Crippen LogP contribution in [-0.2, 0) is 24.1 Å². The molecule has 1 aliphatic carbocycles. The third-order valence-electron chi connectivity index (χ3n) is 4.70. The predicted molar refractivity (Wildman–Crippen MR) is 103 cm³/mol. The Hall–Kier alpha value is -2.61. The largest absolute Gasteiger partial charge is 0.479 e. The van der Waals surface area contributed by atoms with Gasteiger partial charge in [-0.25, -0.2) is 13.2 Å². The Balaban J connectivity index is 1.98. The molecule has 3 rings (SSSR count). The topological polar surface area (TPSA) is 90.0 Å². The lowest BCUT2D eigenvalue weighted by Crippen LogP contribution is -2.24. The number of rotatable bonds is 4. The molecule has 8 heteroatoms. The Labute approximate surface area is 164 Å². The maximum atomic E-state index is 12.8. The summed E-state index contributed by atoms with van der Waals surface area (Å²) in [4.78, 5) is 26.4. The van der Waals surface area contributed by atoms with Crippen molar-refractivity contribution < 1.29 is 27.5 Å². The summed E-state index contributed by atoms with van der Waals surface area (Å²) in [7, 11) is -3.53. The molecule has 1 aromatic rings. The molecule has 2 aliphatic rings. The van der Waals surface area contributed by atoms with E-state index in [-0.39, 0.29) is 28.4 Å². The van der Waals surface area contributed by atoms with Crippen molar-refractivity contribution in [3.8, 4) is 0 Å². The number of ether oxygens (including phenoxy) is 2. The van der Waals surface area contributed by atoms with E-state index in [0.717, 1.165) is 6.26 Å². The Morgan fingerprint density at radius 1 is 1.25 bits per heavy atom. The molecule has 0 saturated heterocycles. The molecule has 0 unspecified atom stereocenters. The highest BCUT2D eigenvalue weighted by molar-refractivity contribution is 7.90. The smallest absolute Gasteiger partial charge is 0.343 e. The van der Waals surface area contributed by atoms with Crippen LogP contribution in [0, 0.1) is 12.3 Å². The monoisotopic (exact) mass is 405 g/mol. The van der Waals surface area contributed by atoms with Crippen LogP contribution in [0.15, 0.2) is 41.3 Å². The van der Waals surface area contributed by atoms with E-state index >= 15 is 0 Å². The fourth-order valence-corrected chi connectivity index (χ4v) is 4.44. The zero-order valence-corrected chi connectivity index (χ0v) is 17.1. The van der Waals surface area contributed by atoms with Gasteiger partial charge in [0, 0.05) is 31.4 Å². The average Bonchev–Trinajstić information content (AvgIpc) is 3.05. The highest BCUT2D eigenvalue weighted by Crippen LogP contribution is 2.36. The van der Waals surface area contributed by atoms with E-state index in [4.69, 9.17) is 9.47 Å². The van der Waals surface area contributed by atoms with Crippen LogP contribution in [0.1, 0.15) is 42.6 Å². The van der Waals surface area contributed by atoms with E-state index in [9.17, 15) is 18.0 Å². The molecule has 0 spiro atoms. The molecular weight excluding hydrogens is 382 g/mol. The first-order valence-electron chi connectivity index (χ1n) is 8.82. The standard InChI is InChI=1S/C20H23NO6S/c1-13-16(19(23)27-15-9-14(22)10-20(2,3)11-15)5-6-17(28(4,24)25)18(13)21-7-8-26-12-21/h5-9H,10-12H2,1-4H3. The molecule has 1 aliphatic heterocycles. The average molecular weight is 405 g/mol. The number of allylic oxidation sites excluding steroid dienone is 2. The van der Waals surface area contributed by atoms with Gasteiger partial charge in [0.15, 0.2) is 22.4 Å². The summed E-state index contributed by atoms with van der Waals surface area (Å²) in [5.41, 5.74) is 0.795. The number of hydrogen-bond acceptors (Lipinski definition) is 7. The quantitative estimate of drug-likeness (QED) is 0.711. The molecule has 0 N–H and O–H groups in total. The molecule has 0 amide bonds. The number of hydrogen-bond donors (Lipinski definition) is 0. The van der Waals surface area contributed by atoms with Crippen molar-refractivity contribution in [1.29, 1.82) is 0 Å². The van der Waals surface area contributed by atoms with E-state index in [1.54, 1.807) is 18.0 Å². The van der Waals surface area contributed by atoms with Gasteiger partial charge in [0.2, 0.25) is 0 Å². The van der Waals surface area contributed by atoms with Crippen molar-refractivity contribution in [2.24, 2.45) is 5.41 Å². The normalized spacial score (nSPS) is 18.6. The van der Waals surface area contributed by atoms with E-state index in [1.807, 2.05) is 13.8 Å². The van der Waals surface area contributed by atoms with E-state index in [0.29, 0.717) is 29.9 Å². The maximum Gasteiger partial charge on any atom is 0.343 e. The third-order valence-corrected chi connectivity index (χ3v) is 5.83. The first kappa shape index (κ1) is 20.1. The lowest BCUT2D eigenvalue weighted by atomic mass is 9.79. The second-order valence-corrected chi connectivity index (χ2v) is 9.88. The van der Waals surface area contributed by atoms with Gasteiger partial charge in [-0.05, 0) is 30.0 Å². The van der Waals surface area contributed by atoms with Gasteiger partial charge in [-0.15, -0.1) is 0 Å². The number of nitrogens with zero attached hydrogens (tertiary/aromatic N) is 1. The minimum absolute atomic E-state index is 0.0803. The number of anilines is 1. The van der Waals surface area contributed by atoms with Crippen LogP contribution in [0.5, 0.6) is 0 Å². The Morgan fingerprint density at radius 2 is 1.96 bits per heavy atom. The maximum absolute atomic E-state index is 12.8. The summed E-state index contributed by atoms with van der Waals surface area (Å²) in [6.07, 6.45) is 6.42. The van der Waals surface area contributed by atoms with Crippen molar-refractivity contribution in [3.63, 3.8) is 0 Å². The Morgan fingerprint density at radius 3 is 2.54 bits per heavy atom.